The van der Waals surface area contributed by atoms with Gasteiger partial charge in [-0.1, -0.05) is 18.5 Å². The van der Waals surface area contributed by atoms with Crippen molar-refractivity contribution in [1.29, 1.82) is 0 Å². The van der Waals surface area contributed by atoms with E-state index in [9.17, 15) is 10.1 Å². The van der Waals surface area contributed by atoms with Gasteiger partial charge in [0.15, 0.2) is 0 Å². The molecule has 0 aliphatic carbocycles. The summed E-state index contributed by atoms with van der Waals surface area (Å²) >= 11 is 9.58. The van der Waals surface area contributed by atoms with E-state index in [2.05, 4.69) is 32.7 Å². The second kappa shape index (κ2) is 6.07. The average Bonchev–Trinajstić information content (AvgIpc) is 2.38. The van der Waals surface area contributed by atoms with Crippen molar-refractivity contribution >= 4 is 38.9 Å². The molecule has 1 fully saturated rings. The Morgan fingerprint density at radius 3 is 2.47 bits per heavy atom. The van der Waals surface area contributed by atoms with E-state index >= 15 is 0 Å². The van der Waals surface area contributed by atoms with Gasteiger partial charge in [0.05, 0.1) is 15.6 Å². The fourth-order valence-electron chi connectivity index (χ4n) is 2.25. The van der Waals surface area contributed by atoms with Crippen LogP contribution in [0, 0.1) is 10.1 Å². The van der Waals surface area contributed by atoms with Crippen molar-refractivity contribution in [2.75, 3.05) is 37.6 Å². The number of hydrogen-bond acceptors (Lipinski definition) is 4. The molecule has 0 aromatic heterocycles. The van der Waals surface area contributed by atoms with E-state index in [1.807, 2.05) is 0 Å². The minimum absolute atomic E-state index is 0.00724. The molecule has 0 saturated carbocycles. The minimum Gasteiger partial charge on any atom is -0.367 e. The van der Waals surface area contributed by atoms with Gasteiger partial charge in [-0.15, -0.1) is 0 Å². The zero-order valence-corrected chi connectivity index (χ0v) is 12.9. The third-order valence-electron chi connectivity index (χ3n) is 3.35. The molecule has 104 valence electrons. The van der Waals surface area contributed by atoms with Gasteiger partial charge < -0.3 is 9.80 Å². The first-order valence-electron chi connectivity index (χ1n) is 6.13. The van der Waals surface area contributed by atoms with Crippen LogP contribution in [0.5, 0.6) is 0 Å². The van der Waals surface area contributed by atoms with Crippen LogP contribution in [-0.2, 0) is 0 Å². The zero-order chi connectivity index (χ0) is 14.0. The normalized spacial score (nSPS) is 16.7. The van der Waals surface area contributed by atoms with Crippen LogP contribution in [0.25, 0.3) is 0 Å². The maximum atomic E-state index is 10.8. The third kappa shape index (κ3) is 3.19. The van der Waals surface area contributed by atoms with Crippen molar-refractivity contribution in [3.05, 3.63) is 31.7 Å². The molecule has 7 heteroatoms. The Labute approximate surface area is 125 Å². The third-order valence-corrected chi connectivity index (χ3v) is 4.24. The molecule has 1 aromatic rings. The molecule has 1 heterocycles. The number of non-ortho nitro benzene ring substituents is 1. The van der Waals surface area contributed by atoms with Crippen molar-refractivity contribution in [1.82, 2.24) is 4.90 Å². The zero-order valence-electron chi connectivity index (χ0n) is 10.6. The van der Waals surface area contributed by atoms with Crippen LogP contribution in [0.1, 0.15) is 6.92 Å². The molecular weight excluding hydrogens is 334 g/mol. The van der Waals surface area contributed by atoms with E-state index in [0.717, 1.165) is 38.4 Å². The number of piperazine rings is 1. The second-order valence-corrected chi connectivity index (χ2v) is 5.70. The highest BCUT2D eigenvalue weighted by molar-refractivity contribution is 9.10. The monoisotopic (exact) mass is 347 g/mol. The second-order valence-electron chi connectivity index (χ2n) is 4.44. The van der Waals surface area contributed by atoms with Crippen molar-refractivity contribution in [2.24, 2.45) is 0 Å². The van der Waals surface area contributed by atoms with E-state index in [1.54, 1.807) is 0 Å². The predicted octanol–water partition coefficient (Wildman–Crippen LogP) is 3.15. The van der Waals surface area contributed by atoms with Gasteiger partial charge >= 0.3 is 0 Å². The first-order chi connectivity index (χ1) is 9.02. The molecule has 0 unspecified atom stereocenters. The highest BCUT2D eigenvalue weighted by atomic mass is 79.9. The van der Waals surface area contributed by atoms with Crippen LogP contribution < -0.4 is 4.90 Å². The molecule has 1 saturated heterocycles. The fraction of sp³-hybridized carbons (Fsp3) is 0.500. The molecule has 0 bridgehead atoms. The molecule has 2 rings (SSSR count). The summed E-state index contributed by atoms with van der Waals surface area (Å²) in [5.74, 6) is 0. The van der Waals surface area contributed by atoms with Gasteiger partial charge in [0.1, 0.15) is 0 Å². The minimum atomic E-state index is -0.435. The Kier molecular flexibility index (Phi) is 4.65. The van der Waals surface area contributed by atoms with Gasteiger partial charge in [-0.25, -0.2) is 0 Å². The lowest BCUT2D eigenvalue weighted by atomic mass is 10.2. The maximum absolute atomic E-state index is 10.8. The standard InChI is InChI=1S/C12H15BrClN3O2/c1-2-15-3-5-16(6-4-15)12-10(13)7-9(17(18)19)8-11(12)14/h7-8H,2-6H2,1H3. The highest BCUT2D eigenvalue weighted by Gasteiger charge is 2.22. The molecule has 19 heavy (non-hydrogen) atoms. The van der Waals surface area contributed by atoms with Crippen molar-refractivity contribution in [2.45, 2.75) is 6.92 Å². The van der Waals surface area contributed by atoms with Gasteiger partial charge in [0.25, 0.3) is 5.69 Å². The van der Waals surface area contributed by atoms with Crippen molar-refractivity contribution in [3.8, 4) is 0 Å². The van der Waals surface area contributed by atoms with E-state index < -0.39 is 4.92 Å². The number of likely N-dealkylation sites (N-methyl/N-ethyl adjacent to an activating group) is 1. The number of hydrogen-bond donors (Lipinski definition) is 0. The van der Waals surface area contributed by atoms with E-state index in [0.29, 0.717) is 9.50 Å². The van der Waals surface area contributed by atoms with Crippen molar-refractivity contribution < 1.29 is 4.92 Å². The molecule has 5 nitrogen and oxygen atoms in total. The molecule has 0 spiro atoms. The maximum Gasteiger partial charge on any atom is 0.272 e. The number of nitro benzene ring substituents is 1. The Morgan fingerprint density at radius 2 is 2.00 bits per heavy atom. The van der Waals surface area contributed by atoms with E-state index in [1.165, 1.54) is 12.1 Å². The largest absolute Gasteiger partial charge is 0.367 e. The highest BCUT2D eigenvalue weighted by Crippen LogP contribution is 2.37. The van der Waals surface area contributed by atoms with Gasteiger partial charge in [-0.3, -0.25) is 10.1 Å². The SMILES string of the molecule is CCN1CCN(c2c(Cl)cc([N+](=O)[O-])cc2Br)CC1. The lowest BCUT2D eigenvalue weighted by Crippen LogP contribution is -2.46. The lowest BCUT2D eigenvalue weighted by Gasteiger charge is -2.36. The molecule has 1 aliphatic rings. The van der Waals surface area contributed by atoms with Crippen LogP contribution in [0.2, 0.25) is 5.02 Å². The number of anilines is 1. The molecule has 1 aromatic carbocycles. The van der Waals surface area contributed by atoms with Crippen LogP contribution in [0.15, 0.2) is 16.6 Å². The van der Waals surface area contributed by atoms with Gasteiger partial charge in [-0.2, -0.15) is 0 Å². The molecular formula is C12H15BrClN3O2. The van der Waals surface area contributed by atoms with Crippen LogP contribution >= 0.6 is 27.5 Å². The van der Waals surface area contributed by atoms with Crippen LogP contribution in [0.3, 0.4) is 0 Å². The number of benzene rings is 1. The van der Waals surface area contributed by atoms with E-state index in [4.69, 9.17) is 11.6 Å². The number of nitrogens with zero attached hydrogens (tertiary/aromatic N) is 3. The summed E-state index contributed by atoms with van der Waals surface area (Å²) in [6.07, 6.45) is 0. The predicted molar refractivity (Wildman–Crippen MR) is 80.1 cm³/mol. The Hall–Kier alpha value is -0.850. The summed E-state index contributed by atoms with van der Waals surface area (Å²) in [7, 11) is 0. The quantitative estimate of drug-likeness (QED) is 0.622. The summed E-state index contributed by atoms with van der Waals surface area (Å²) < 4.78 is 0.677. The van der Waals surface area contributed by atoms with E-state index in [-0.39, 0.29) is 5.69 Å². The Morgan fingerprint density at radius 1 is 1.37 bits per heavy atom. The van der Waals surface area contributed by atoms with Gasteiger partial charge in [0.2, 0.25) is 0 Å². The Balaban J connectivity index is 2.24. The Bertz CT molecular complexity index is 467. The molecule has 0 atom stereocenters. The van der Waals surface area contributed by atoms with Gasteiger partial charge in [-0.05, 0) is 22.5 Å². The first-order valence-corrected chi connectivity index (χ1v) is 7.30. The lowest BCUT2D eigenvalue weighted by molar-refractivity contribution is -0.384. The molecule has 1 aliphatic heterocycles. The first kappa shape index (κ1) is 14.6. The summed E-state index contributed by atoms with van der Waals surface area (Å²) in [5, 5.41) is 11.2. The summed E-state index contributed by atoms with van der Waals surface area (Å²) in [5.41, 5.74) is 0.857. The number of nitro groups is 1. The summed E-state index contributed by atoms with van der Waals surface area (Å²) in [6.45, 7) is 6.91. The summed E-state index contributed by atoms with van der Waals surface area (Å²) in [4.78, 5) is 14.9. The van der Waals surface area contributed by atoms with Gasteiger partial charge in [0, 0.05) is 42.8 Å². The topological polar surface area (TPSA) is 49.6 Å². The summed E-state index contributed by atoms with van der Waals surface area (Å²) in [6, 6.07) is 2.92. The number of rotatable bonds is 3. The fourth-order valence-corrected chi connectivity index (χ4v) is 3.39. The average molecular weight is 349 g/mol. The molecule has 0 radical (unpaired) electrons. The molecule has 0 amide bonds. The molecule has 0 N–H and O–H groups in total. The van der Waals surface area contributed by atoms with Crippen LogP contribution in [-0.4, -0.2) is 42.5 Å². The van der Waals surface area contributed by atoms with Crippen LogP contribution in [0.4, 0.5) is 11.4 Å². The van der Waals surface area contributed by atoms with Crippen molar-refractivity contribution in [3.63, 3.8) is 0 Å². The smallest absolute Gasteiger partial charge is 0.272 e. The number of halogens is 2.